The van der Waals surface area contributed by atoms with Gasteiger partial charge in [0, 0.05) is 17.3 Å². The highest BCUT2D eigenvalue weighted by molar-refractivity contribution is 5.98. The van der Waals surface area contributed by atoms with Crippen LogP contribution in [0.1, 0.15) is 22.3 Å². The van der Waals surface area contributed by atoms with Crippen LogP contribution in [0, 0.1) is 16.0 Å². The summed E-state index contributed by atoms with van der Waals surface area (Å²) in [4.78, 5) is 22.6. The largest absolute Gasteiger partial charge is 0.507 e. The van der Waals surface area contributed by atoms with Gasteiger partial charge in [-0.3, -0.25) is 14.9 Å². The molecule has 0 aliphatic heterocycles. The lowest BCUT2D eigenvalue weighted by atomic mass is 9.96. The Morgan fingerprint density at radius 3 is 2.43 bits per heavy atom. The normalized spacial score (nSPS) is 12.2. The maximum atomic E-state index is 12.3. The molecule has 0 aliphatic carbocycles. The van der Waals surface area contributed by atoms with Gasteiger partial charge in [0.2, 0.25) is 6.54 Å². The van der Waals surface area contributed by atoms with E-state index in [0.717, 1.165) is 5.56 Å². The number of carbonyl (C=O) groups is 1. The Morgan fingerprint density at radius 1 is 1.13 bits per heavy atom. The number of aromatic hydroxyl groups is 1. The molecule has 0 heterocycles. The van der Waals surface area contributed by atoms with Gasteiger partial charge in [0.25, 0.3) is 0 Å². The molecule has 23 heavy (non-hydrogen) atoms. The van der Waals surface area contributed by atoms with Crippen molar-refractivity contribution >= 4 is 11.9 Å². The summed E-state index contributed by atoms with van der Waals surface area (Å²) >= 11 is 0. The molecule has 1 N–H and O–H groups in total. The minimum atomic E-state index is -0.530. The summed E-state index contributed by atoms with van der Waals surface area (Å²) in [6, 6.07) is 15.6. The van der Waals surface area contributed by atoms with Crippen molar-refractivity contribution in [1.82, 2.24) is 0 Å². The smallest absolute Gasteiger partial charge is 0.210 e. The molecule has 1 atom stereocenters. The Balaban J connectivity index is 2.12. The van der Waals surface area contributed by atoms with Crippen LogP contribution in [-0.4, -0.2) is 22.4 Å². The van der Waals surface area contributed by atoms with Crippen LogP contribution in [0.3, 0.4) is 0 Å². The van der Waals surface area contributed by atoms with Crippen LogP contribution in [0.5, 0.6) is 5.75 Å². The molecular formula is C18H17NO4. The van der Waals surface area contributed by atoms with Crippen LogP contribution >= 0.6 is 0 Å². The third-order valence-corrected chi connectivity index (χ3v) is 3.40. The number of hydrogen-bond acceptors (Lipinski definition) is 4. The summed E-state index contributed by atoms with van der Waals surface area (Å²) in [6.07, 6.45) is 3.42. The molecule has 0 aromatic heterocycles. The second-order valence-electron chi connectivity index (χ2n) is 5.19. The molecule has 0 aliphatic rings. The standard InChI is InChI=1S/C18H17NO4/c20-17-9-5-4-8-16(17)18(21)12-15(13-19(22)23)11-10-14-6-2-1-3-7-14/h1-11,15,20H,12-13H2/b11-10+/t15-/m0/s1. The number of phenols is 1. The predicted molar refractivity (Wildman–Crippen MR) is 87.9 cm³/mol. The van der Waals surface area contributed by atoms with Gasteiger partial charge in [-0.05, 0) is 17.7 Å². The first-order valence-corrected chi connectivity index (χ1v) is 7.22. The van der Waals surface area contributed by atoms with Crippen molar-refractivity contribution in [2.75, 3.05) is 6.54 Å². The number of hydrogen-bond donors (Lipinski definition) is 1. The molecule has 0 spiro atoms. The van der Waals surface area contributed by atoms with E-state index in [1.165, 1.54) is 12.1 Å². The molecule has 2 aromatic rings. The van der Waals surface area contributed by atoms with Gasteiger partial charge in [-0.25, -0.2) is 0 Å². The van der Waals surface area contributed by atoms with Crippen LogP contribution in [0.25, 0.3) is 6.08 Å². The van der Waals surface area contributed by atoms with Gasteiger partial charge in [0.1, 0.15) is 5.75 Å². The summed E-state index contributed by atoms with van der Waals surface area (Å²) in [6.45, 7) is -0.331. The molecule has 0 radical (unpaired) electrons. The van der Waals surface area contributed by atoms with Crippen molar-refractivity contribution < 1.29 is 14.8 Å². The van der Waals surface area contributed by atoms with E-state index >= 15 is 0 Å². The van der Waals surface area contributed by atoms with Crippen molar-refractivity contribution in [3.63, 3.8) is 0 Å². The van der Waals surface area contributed by atoms with E-state index in [4.69, 9.17) is 0 Å². The zero-order valence-electron chi connectivity index (χ0n) is 12.5. The molecule has 118 valence electrons. The molecule has 2 aromatic carbocycles. The highest BCUT2D eigenvalue weighted by Crippen LogP contribution is 2.20. The number of para-hydroxylation sites is 1. The van der Waals surface area contributed by atoms with Gasteiger partial charge in [0.15, 0.2) is 5.78 Å². The summed E-state index contributed by atoms with van der Waals surface area (Å²) in [5, 5.41) is 20.5. The maximum absolute atomic E-state index is 12.3. The fourth-order valence-electron chi connectivity index (χ4n) is 2.25. The van der Waals surface area contributed by atoms with Gasteiger partial charge < -0.3 is 5.11 Å². The van der Waals surface area contributed by atoms with Gasteiger partial charge >= 0.3 is 0 Å². The van der Waals surface area contributed by atoms with Crippen LogP contribution in [0.15, 0.2) is 60.7 Å². The van der Waals surface area contributed by atoms with Gasteiger partial charge in [-0.2, -0.15) is 0 Å². The number of Topliss-reactive ketones (excluding diaryl/α,β-unsaturated/α-hetero) is 1. The van der Waals surface area contributed by atoms with Crippen molar-refractivity contribution in [1.29, 1.82) is 0 Å². The quantitative estimate of drug-likeness (QED) is 0.481. The van der Waals surface area contributed by atoms with E-state index in [0.29, 0.717) is 0 Å². The fourth-order valence-corrected chi connectivity index (χ4v) is 2.25. The number of ketones is 1. The van der Waals surface area contributed by atoms with E-state index in [1.807, 2.05) is 30.3 Å². The third kappa shape index (κ3) is 5.07. The molecule has 0 saturated heterocycles. The van der Waals surface area contributed by atoms with Crippen molar-refractivity contribution in [2.24, 2.45) is 5.92 Å². The number of carbonyl (C=O) groups excluding carboxylic acids is 1. The van der Waals surface area contributed by atoms with Crippen LogP contribution in [0.4, 0.5) is 0 Å². The predicted octanol–water partition coefficient (Wildman–Crippen LogP) is 3.57. The minimum Gasteiger partial charge on any atom is -0.507 e. The molecule has 5 nitrogen and oxygen atoms in total. The highest BCUT2D eigenvalue weighted by Gasteiger charge is 2.19. The van der Waals surface area contributed by atoms with Crippen molar-refractivity contribution in [2.45, 2.75) is 6.42 Å². The fraction of sp³-hybridized carbons (Fsp3) is 0.167. The Labute approximate surface area is 134 Å². The average molecular weight is 311 g/mol. The molecule has 0 saturated carbocycles. The topological polar surface area (TPSA) is 80.4 Å². The number of phenolic OH excluding ortho intramolecular Hbond substituents is 1. The zero-order valence-corrected chi connectivity index (χ0v) is 12.5. The summed E-state index contributed by atoms with van der Waals surface area (Å²) in [5.41, 5.74) is 1.10. The van der Waals surface area contributed by atoms with E-state index < -0.39 is 10.8 Å². The van der Waals surface area contributed by atoms with E-state index in [2.05, 4.69) is 0 Å². The SMILES string of the molecule is O=C(C[C@H](/C=C/c1ccccc1)C[N+](=O)[O-])c1ccccc1O. The summed E-state index contributed by atoms with van der Waals surface area (Å²) in [5.74, 6) is -0.950. The number of nitro groups is 1. The van der Waals surface area contributed by atoms with Gasteiger partial charge in [-0.1, -0.05) is 54.6 Å². The number of benzene rings is 2. The Morgan fingerprint density at radius 2 is 1.78 bits per heavy atom. The zero-order chi connectivity index (χ0) is 16.7. The van der Waals surface area contributed by atoms with Crippen molar-refractivity contribution in [3.05, 3.63) is 81.9 Å². The molecule has 0 bridgehead atoms. The molecule has 0 fully saturated rings. The lowest BCUT2D eigenvalue weighted by molar-refractivity contribution is -0.485. The third-order valence-electron chi connectivity index (χ3n) is 3.40. The van der Waals surface area contributed by atoms with Crippen LogP contribution < -0.4 is 0 Å². The minimum absolute atomic E-state index is 0.0259. The second-order valence-corrected chi connectivity index (χ2v) is 5.19. The van der Waals surface area contributed by atoms with E-state index in [-0.39, 0.29) is 30.1 Å². The molecule has 2 rings (SSSR count). The van der Waals surface area contributed by atoms with Crippen LogP contribution in [-0.2, 0) is 0 Å². The average Bonchev–Trinajstić information content (AvgIpc) is 2.53. The van der Waals surface area contributed by atoms with Crippen LogP contribution in [0.2, 0.25) is 0 Å². The number of nitrogens with zero attached hydrogens (tertiary/aromatic N) is 1. The lowest BCUT2D eigenvalue weighted by Crippen LogP contribution is -2.16. The summed E-state index contributed by atoms with van der Waals surface area (Å²) in [7, 11) is 0. The van der Waals surface area contributed by atoms with Gasteiger partial charge in [0.05, 0.1) is 5.56 Å². The van der Waals surface area contributed by atoms with Gasteiger partial charge in [-0.15, -0.1) is 0 Å². The highest BCUT2D eigenvalue weighted by atomic mass is 16.6. The van der Waals surface area contributed by atoms with Crippen molar-refractivity contribution in [3.8, 4) is 5.75 Å². The second kappa shape index (κ2) is 7.89. The molecule has 5 heteroatoms. The molecular weight excluding hydrogens is 294 g/mol. The first-order chi connectivity index (χ1) is 11.1. The summed E-state index contributed by atoms with van der Waals surface area (Å²) < 4.78 is 0. The Kier molecular flexibility index (Phi) is 5.63. The Bertz CT molecular complexity index is 710. The lowest BCUT2D eigenvalue weighted by Gasteiger charge is -2.08. The molecule has 0 amide bonds. The monoisotopic (exact) mass is 311 g/mol. The number of rotatable bonds is 7. The first kappa shape index (κ1) is 16.4. The van der Waals surface area contributed by atoms with E-state index in [1.54, 1.807) is 24.3 Å². The molecule has 0 unspecified atom stereocenters. The van der Waals surface area contributed by atoms with E-state index in [9.17, 15) is 20.0 Å². The first-order valence-electron chi connectivity index (χ1n) is 7.22. The maximum Gasteiger partial charge on any atom is 0.210 e. The Hall–Kier alpha value is -2.95.